The third-order valence-corrected chi connectivity index (χ3v) is 8.58. The van der Waals surface area contributed by atoms with E-state index in [-0.39, 0.29) is 11.0 Å². The van der Waals surface area contributed by atoms with Crippen LogP contribution in [0.15, 0.2) is 64.1 Å². The average molecular weight is 562 g/mol. The highest BCUT2D eigenvalue weighted by Crippen LogP contribution is 2.37. The second-order valence-electron chi connectivity index (χ2n) is 10.2. The molecule has 5 aromatic rings. The van der Waals surface area contributed by atoms with Crippen molar-refractivity contribution in [1.82, 2.24) is 15.1 Å². The Morgan fingerprint density at radius 1 is 1.00 bits per heavy atom. The second-order valence-corrected chi connectivity index (χ2v) is 12.7. The largest absolute Gasteiger partial charge is 0.488 e. The first-order valence-corrected chi connectivity index (χ1v) is 14.6. The molecule has 3 heterocycles. The fraction of sp³-hybridized carbons (Fsp3) is 0.276. The van der Waals surface area contributed by atoms with Crippen LogP contribution in [-0.2, 0) is 9.84 Å². The summed E-state index contributed by atoms with van der Waals surface area (Å²) in [5.41, 5.74) is 4.45. The number of hydrogen-bond donors (Lipinski definition) is 3. The van der Waals surface area contributed by atoms with Gasteiger partial charge >= 0.3 is 5.95 Å². The van der Waals surface area contributed by atoms with E-state index in [1.165, 1.54) is 0 Å². The monoisotopic (exact) mass is 561 g/mol. The Morgan fingerprint density at radius 2 is 1.77 bits per heavy atom. The Morgan fingerprint density at radius 3 is 2.48 bits per heavy atom. The quantitative estimate of drug-likeness (QED) is 0.196. The number of aromatic nitrogens is 4. The van der Waals surface area contributed by atoms with Crippen LogP contribution in [0.5, 0.6) is 5.75 Å². The van der Waals surface area contributed by atoms with Gasteiger partial charge in [-0.25, -0.2) is 13.4 Å². The average Bonchev–Trinajstić information content (AvgIpc) is 3.54. The highest BCUT2D eigenvalue weighted by Gasteiger charge is 2.25. The van der Waals surface area contributed by atoms with E-state index in [0.29, 0.717) is 40.3 Å². The van der Waals surface area contributed by atoms with E-state index in [1.54, 1.807) is 44.3 Å². The smallest absolute Gasteiger partial charge is 0.351 e. The van der Waals surface area contributed by atoms with Crippen LogP contribution < -0.4 is 20.4 Å². The number of sulfone groups is 1. The van der Waals surface area contributed by atoms with Gasteiger partial charge in [-0.05, 0) is 77.4 Å². The molecule has 208 valence electrons. The Labute approximate surface area is 233 Å². The summed E-state index contributed by atoms with van der Waals surface area (Å²) in [4.78, 5) is 11.5. The minimum atomic E-state index is -3.53. The van der Waals surface area contributed by atoms with E-state index in [2.05, 4.69) is 25.8 Å². The second kappa shape index (κ2) is 10.6. The van der Waals surface area contributed by atoms with Crippen molar-refractivity contribution in [3.8, 4) is 17.1 Å². The molecule has 0 bridgehead atoms. The lowest BCUT2D eigenvalue weighted by atomic mass is 10.0. The maximum absolute atomic E-state index is 13.1. The van der Waals surface area contributed by atoms with Gasteiger partial charge in [0.15, 0.2) is 21.3 Å². The molecule has 0 aliphatic carbocycles. The third-order valence-electron chi connectivity index (χ3n) is 6.37. The molecule has 5 rings (SSSR count). The molecule has 10 nitrogen and oxygen atoms in total. The van der Waals surface area contributed by atoms with Gasteiger partial charge in [0.1, 0.15) is 5.69 Å². The van der Waals surface area contributed by atoms with Gasteiger partial charge in [0.25, 0.3) is 0 Å². The van der Waals surface area contributed by atoms with Gasteiger partial charge in [-0.2, -0.15) is 0 Å². The Hall–Kier alpha value is -4.38. The van der Waals surface area contributed by atoms with Crippen LogP contribution in [0.4, 0.5) is 23.1 Å². The number of aromatic amines is 2. The number of hydrogen-bond acceptors (Lipinski definition) is 8. The fourth-order valence-corrected chi connectivity index (χ4v) is 5.56. The van der Waals surface area contributed by atoms with Crippen molar-refractivity contribution >= 4 is 44.0 Å². The molecule has 0 aliphatic rings. The molecule has 0 radical (unpaired) electrons. The van der Waals surface area contributed by atoms with Crippen LogP contribution in [0.1, 0.15) is 39.0 Å². The first kappa shape index (κ1) is 27.2. The van der Waals surface area contributed by atoms with Crippen LogP contribution in [0.25, 0.3) is 22.4 Å². The molecule has 3 aromatic heterocycles. The summed E-state index contributed by atoms with van der Waals surface area (Å²) in [5.74, 6) is 2.20. The number of nitrogens with one attached hydrogen (secondary N) is 4. The van der Waals surface area contributed by atoms with Gasteiger partial charge in [-0.15, -0.1) is 0 Å². The number of nitrogens with zero attached hydrogens (tertiary/aromatic N) is 2. The summed E-state index contributed by atoms with van der Waals surface area (Å²) in [7, 11) is -3.53. The molecule has 0 saturated carbocycles. The van der Waals surface area contributed by atoms with Crippen molar-refractivity contribution in [1.29, 1.82) is 0 Å². The number of para-hydroxylation sites is 1. The number of anilines is 4. The van der Waals surface area contributed by atoms with Gasteiger partial charge in [0, 0.05) is 17.8 Å². The van der Waals surface area contributed by atoms with E-state index in [9.17, 15) is 8.42 Å². The van der Waals surface area contributed by atoms with Crippen LogP contribution in [0.2, 0.25) is 0 Å². The molecule has 40 heavy (non-hydrogen) atoms. The van der Waals surface area contributed by atoms with Gasteiger partial charge in [-0.3, -0.25) is 10.3 Å². The first-order chi connectivity index (χ1) is 19.0. The number of H-pyrrole nitrogens is 2. The maximum Gasteiger partial charge on any atom is 0.351 e. The molecule has 0 atom stereocenters. The van der Waals surface area contributed by atoms with Crippen molar-refractivity contribution in [2.75, 3.05) is 10.6 Å². The zero-order chi connectivity index (χ0) is 28.6. The first-order valence-electron chi connectivity index (χ1n) is 13.0. The molecule has 0 fully saturated rings. The van der Waals surface area contributed by atoms with E-state index in [4.69, 9.17) is 14.2 Å². The lowest BCUT2D eigenvalue weighted by Crippen LogP contribution is -2.18. The standard InChI is InChI=1S/C29H32N6O4S/c1-16(2)38-25-13-18(5)21(24-14-19(6)35-39-24)15-23(25)32-29-33-27-20(11-12-30-27)28(34-29)31-22-9-7-8-10-26(22)40(36,37)17(3)4/h7-17H,1-6H3,(H3,30,31,32,33,34)/p+1. The number of aryl methyl sites for hydroxylation is 2. The van der Waals surface area contributed by atoms with E-state index in [0.717, 1.165) is 22.2 Å². The molecular formula is C29H33N6O4S+. The zero-order valence-corrected chi connectivity index (χ0v) is 24.1. The van der Waals surface area contributed by atoms with Gasteiger partial charge in [0.05, 0.1) is 33.0 Å². The normalized spacial score (nSPS) is 11.9. The molecule has 0 unspecified atom stereocenters. The molecule has 0 spiro atoms. The number of rotatable bonds is 9. The summed E-state index contributed by atoms with van der Waals surface area (Å²) < 4.78 is 37.8. The SMILES string of the molecule is Cc1cc(-c2cc(Nc3nc(Nc4ccccc4S(=O)(=O)C(C)C)c4cc[nH]c4[nH+]3)c(OC(C)C)cc2C)on1. The molecule has 0 saturated heterocycles. The van der Waals surface area contributed by atoms with Crippen LogP contribution in [0, 0.1) is 13.8 Å². The number of ether oxygens (including phenoxy) is 1. The van der Waals surface area contributed by atoms with E-state index >= 15 is 0 Å². The molecule has 0 amide bonds. The summed E-state index contributed by atoms with van der Waals surface area (Å²) in [5, 5.41) is 10.9. The zero-order valence-electron chi connectivity index (χ0n) is 23.3. The van der Waals surface area contributed by atoms with E-state index < -0.39 is 15.1 Å². The Bertz CT molecular complexity index is 1790. The predicted octanol–water partition coefficient (Wildman–Crippen LogP) is 6.11. The van der Waals surface area contributed by atoms with Crippen LogP contribution in [-0.4, -0.2) is 34.9 Å². The van der Waals surface area contributed by atoms with Crippen molar-refractivity contribution in [2.45, 2.75) is 57.8 Å². The van der Waals surface area contributed by atoms with E-state index in [1.807, 2.05) is 52.0 Å². The highest BCUT2D eigenvalue weighted by atomic mass is 32.2. The number of benzene rings is 2. The maximum atomic E-state index is 13.1. The molecule has 4 N–H and O–H groups in total. The fourth-order valence-electron chi connectivity index (χ4n) is 4.36. The molecule has 0 aliphatic heterocycles. The highest BCUT2D eigenvalue weighted by molar-refractivity contribution is 7.92. The van der Waals surface area contributed by atoms with Gasteiger partial charge < -0.3 is 14.6 Å². The number of fused-ring (bicyclic) bond motifs is 1. The van der Waals surface area contributed by atoms with Crippen LogP contribution >= 0.6 is 0 Å². The minimum Gasteiger partial charge on any atom is -0.488 e. The molecular weight excluding hydrogens is 528 g/mol. The van der Waals surface area contributed by atoms with Crippen molar-refractivity contribution < 1.29 is 22.7 Å². The van der Waals surface area contributed by atoms with Gasteiger partial charge in [-0.1, -0.05) is 22.3 Å². The summed E-state index contributed by atoms with van der Waals surface area (Å²) in [6.07, 6.45) is 1.73. The topological polar surface area (TPSA) is 136 Å². The molecule has 2 aromatic carbocycles. The van der Waals surface area contributed by atoms with Crippen molar-refractivity contribution in [3.05, 3.63) is 66.0 Å². The Kier molecular flexibility index (Phi) is 7.24. The lowest BCUT2D eigenvalue weighted by Gasteiger charge is -2.16. The summed E-state index contributed by atoms with van der Waals surface area (Å²) >= 11 is 0. The Balaban J connectivity index is 1.58. The van der Waals surface area contributed by atoms with Crippen molar-refractivity contribution in [3.63, 3.8) is 0 Å². The summed E-state index contributed by atoms with van der Waals surface area (Å²) in [6, 6.07) is 14.5. The third kappa shape index (κ3) is 5.37. The predicted molar refractivity (Wildman–Crippen MR) is 155 cm³/mol. The van der Waals surface area contributed by atoms with Crippen LogP contribution in [0.3, 0.4) is 0 Å². The van der Waals surface area contributed by atoms with Crippen molar-refractivity contribution in [2.24, 2.45) is 0 Å². The summed E-state index contributed by atoms with van der Waals surface area (Å²) in [6.45, 7) is 11.1. The molecule has 11 heteroatoms. The minimum absolute atomic E-state index is 0.0576. The van der Waals surface area contributed by atoms with Gasteiger partial charge in [0.2, 0.25) is 11.5 Å². The lowest BCUT2D eigenvalue weighted by molar-refractivity contribution is -0.333.